The molecule has 0 amide bonds. The molecule has 2 nitrogen and oxygen atoms in total. The second-order valence-corrected chi connectivity index (χ2v) is 3.47. The molecule has 1 unspecified atom stereocenters. The van der Waals surface area contributed by atoms with Crippen LogP contribution in [0.4, 0.5) is 5.69 Å². The summed E-state index contributed by atoms with van der Waals surface area (Å²) in [5.74, 6) is 0.636. The quantitative estimate of drug-likeness (QED) is 0.553. The SMILES string of the molecule is CCCC(C)c1cccc(N)c1O. The number of para-hydroxylation sites is 1. The lowest BCUT2D eigenvalue weighted by Crippen LogP contribution is -1.96. The molecule has 1 atom stereocenters. The second kappa shape index (κ2) is 4.17. The summed E-state index contributed by atoms with van der Waals surface area (Å²) in [6, 6.07) is 5.54. The van der Waals surface area contributed by atoms with E-state index in [1.807, 2.05) is 12.1 Å². The van der Waals surface area contributed by atoms with Crippen molar-refractivity contribution < 1.29 is 5.11 Å². The minimum absolute atomic E-state index is 0.253. The molecule has 1 aromatic rings. The number of rotatable bonds is 3. The van der Waals surface area contributed by atoms with Gasteiger partial charge in [0.1, 0.15) is 5.75 Å². The summed E-state index contributed by atoms with van der Waals surface area (Å²) in [6.07, 6.45) is 2.20. The Balaban J connectivity index is 2.93. The van der Waals surface area contributed by atoms with E-state index in [4.69, 9.17) is 5.73 Å². The molecule has 0 aliphatic rings. The molecule has 3 N–H and O–H groups in total. The third-order valence-corrected chi connectivity index (χ3v) is 2.35. The van der Waals surface area contributed by atoms with Crippen LogP contribution in [0.1, 0.15) is 38.2 Å². The molecular weight excluding hydrogens is 162 g/mol. The number of hydrogen-bond donors (Lipinski definition) is 2. The predicted molar refractivity (Wildman–Crippen MR) is 55.8 cm³/mol. The maximum absolute atomic E-state index is 9.67. The van der Waals surface area contributed by atoms with Crippen molar-refractivity contribution in [2.45, 2.75) is 32.6 Å². The molecule has 0 aliphatic heterocycles. The van der Waals surface area contributed by atoms with Gasteiger partial charge in [-0.3, -0.25) is 0 Å². The lowest BCUT2D eigenvalue weighted by atomic mass is 9.95. The van der Waals surface area contributed by atoms with Crippen LogP contribution in [-0.4, -0.2) is 5.11 Å². The molecular formula is C11H17NO. The number of phenols is 1. The minimum atomic E-state index is 0.253. The Labute approximate surface area is 79.4 Å². The standard InChI is InChI=1S/C11H17NO/c1-3-5-8(2)9-6-4-7-10(12)11(9)13/h4,6-8,13H,3,5,12H2,1-2H3. The first kappa shape index (κ1) is 9.90. The highest BCUT2D eigenvalue weighted by Gasteiger charge is 2.10. The number of hydrogen-bond acceptors (Lipinski definition) is 2. The van der Waals surface area contributed by atoms with Gasteiger partial charge in [-0.15, -0.1) is 0 Å². The Morgan fingerprint density at radius 1 is 1.46 bits per heavy atom. The van der Waals surface area contributed by atoms with Gasteiger partial charge in [-0.25, -0.2) is 0 Å². The van der Waals surface area contributed by atoms with E-state index in [0.717, 1.165) is 18.4 Å². The van der Waals surface area contributed by atoms with Crippen molar-refractivity contribution in [2.75, 3.05) is 5.73 Å². The summed E-state index contributed by atoms with van der Waals surface area (Å²) in [4.78, 5) is 0. The molecule has 0 spiro atoms. The third-order valence-electron chi connectivity index (χ3n) is 2.35. The van der Waals surface area contributed by atoms with Crippen molar-refractivity contribution >= 4 is 5.69 Å². The van der Waals surface area contributed by atoms with Crippen LogP contribution < -0.4 is 5.73 Å². The molecule has 0 bridgehead atoms. The van der Waals surface area contributed by atoms with Gasteiger partial charge in [0, 0.05) is 0 Å². The largest absolute Gasteiger partial charge is 0.505 e. The van der Waals surface area contributed by atoms with Crippen LogP contribution in [0.5, 0.6) is 5.75 Å². The minimum Gasteiger partial charge on any atom is -0.505 e. The molecule has 1 rings (SSSR count). The van der Waals surface area contributed by atoms with Gasteiger partial charge in [0.15, 0.2) is 0 Å². The second-order valence-electron chi connectivity index (χ2n) is 3.47. The lowest BCUT2D eigenvalue weighted by molar-refractivity contribution is 0.463. The summed E-state index contributed by atoms with van der Waals surface area (Å²) in [5.41, 5.74) is 7.04. The number of aromatic hydroxyl groups is 1. The maximum Gasteiger partial charge on any atom is 0.141 e. The Hall–Kier alpha value is -1.18. The topological polar surface area (TPSA) is 46.2 Å². The van der Waals surface area contributed by atoms with Crippen LogP contribution >= 0.6 is 0 Å². The number of nitrogens with two attached hydrogens (primary N) is 1. The highest BCUT2D eigenvalue weighted by Crippen LogP contribution is 2.32. The van der Waals surface area contributed by atoms with Crippen LogP contribution in [0.2, 0.25) is 0 Å². The predicted octanol–water partition coefficient (Wildman–Crippen LogP) is 2.88. The molecule has 1 aromatic carbocycles. The normalized spacial score (nSPS) is 12.8. The van der Waals surface area contributed by atoms with Crippen molar-refractivity contribution in [2.24, 2.45) is 0 Å². The molecule has 0 fully saturated rings. The van der Waals surface area contributed by atoms with Crippen molar-refractivity contribution in [1.29, 1.82) is 0 Å². The third kappa shape index (κ3) is 2.14. The van der Waals surface area contributed by atoms with E-state index in [2.05, 4.69) is 13.8 Å². The van der Waals surface area contributed by atoms with Crippen LogP contribution in [0, 0.1) is 0 Å². The smallest absolute Gasteiger partial charge is 0.141 e. The fourth-order valence-corrected chi connectivity index (χ4v) is 1.57. The highest BCUT2D eigenvalue weighted by molar-refractivity contribution is 5.56. The van der Waals surface area contributed by atoms with Gasteiger partial charge in [-0.1, -0.05) is 32.4 Å². The number of benzene rings is 1. The number of nitrogen functional groups attached to an aromatic ring is 1. The first-order chi connectivity index (χ1) is 6.16. The molecule has 0 saturated heterocycles. The molecule has 0 radical (unpaired) electrons. The van der Waals surface area contributed by atoms with E-state index in [-0.39, 0.29) is 5.75 Å². The Morgan fingerprint density at radius 3 is 2.77 bits per heavy atom. The zero-order chi connectivity index (χ0) is 9.84. The average Bonchev–Trinajstić information content (AvgIpc) is 2.10. The molecule has 0 heterocycles. The van der Waals surface area contributed by atoms with E-state index in [9.17, 15) is 5.11 Å². The van der Waals surface area contributed by atoms with Crippen molar-refractivity contribution in [3.8, 4) is 5.75 Å². The molecule has 13 heavy (non-hydrogen) atoms. The molecule has 0 saturated carbocycles. The zero-order valence-corrected chi connectivity index (χ0v) is 8.25. The van der Waals surface area contributed by atoms with Crippen molar-refractivity contribution in [1.82, 2.24) is 0 Å². The Kier molecular flexibility index (Phi) is 3.18. The van der Waals surface area contributed by atoms with Crippen molar-refractivity contribution in [3.63, 3.8) is 0 Å². The van der Waals surface area contributed by atoms with E-state index in [1.165, 1.54) is 0 Å². The summed E-state index contributed by atoms with van der Waals surface area (Å²) in [7, 11) is 0. The molecule has 72 valence electrons. The summed E-state index contributed by atoms with van der Waals surface area (Å²) < 4.78 is 0. The van der Waals surface area contributed by atoms with Gasteiger partial charge in [0.25, 0.3) is 0 Å². The van der Waals surface area contributed by atoms with E-state index < -0.39 is 0 Å². The van der Waals surface area contributed by atoms with Gasteiger partial charge < -0.3 is 10.8 Å². The van der Waals surface area contributed by atoms with E-state index >= 15 is 0 Å². The number of anilines is 1. The van der Waals surface area contributed by atoms with Crippen molar-refractivity contribution in [3.05, 3.63) is 23.8 Å². The summed E-state index contributed by atoms with van der Waals surface area (Å²) >= 11 is 0. The molecule has 0 aliphatic carbocycles. The Bertz CT molecular complexity index is 283. The van der Waals surface area contributed by atoms with Gasteiger partial charge >= 0.3 is 0 Å². The van der Waals surface area contributed by atoms with Gasteiger partial charge in [0.05, 0.1) is 5.69 Å². The number of phenolic OH excluding ortho intramolecular Hbond substituents is 1. The highest BCUT2D eigenvalue weighted by atomic mass is 16.3. The van der Waals surface area contributed by atoms with E-state index in [1.54, 1.807) is 6.07 Å². The van der Waals surface area contributed by atoms with Crippen LogP contribution in [-0.2, 0) is 0 Å². The van der Waals surface area contributed by atoms with Gasteiger partial charge in [-0.05, 0) is 24.0 Å². The van der Waals surface area contributed by atoms with Crippen LogP contribution in [0.15, 0.2) is 18.2 Å². The first-order valence-corrected chi connectivity index (χ1v) is 4.74. The Morgan fingerprint density at radius 2 is 2.15 bits per heavy atom. The fraction of sp³-hybridized carbons (Fsp3) is 0.455. The maximum atomic E-state index is 9.67. The lowest BCUT2D eigenvalue weighted by Gasteiger charge is -2.13. The monoisotopic (exact) mass is 179 g/mol. The summed E-state index contributed by atoms with van der Waals surface area (Å²) in [6.45, 7) is 4.25. The molecule has 2 heteroatoms. The zero-order valence-electron chi connectivity index (χ0n) is 8.25. The average molecular weight is 179 g/mol. The van der Waals surface area contributed by atoms with Gasteiger partial charge in [0.2, 0.25) is 0 Å². The van der Waals surface area contributed by atoms with Crippen LogP contribution in [0.3, 0.4) is 0 Å². The fourth-order valence-electron chi connectivity index (χ4n) is 1.57. The van der Waals surface area contributed by atoms with Crippen LogP contribution in [0.25, 0.3) is 0 Å². The first-order valence-electron chi connectivity index (χ1n) is 4.74. The van der Waals surface area contributed by atoms with Gasteiger partial charge in [-0.2, -0.15) is 0 Å². The molecule has 0 aromatic heterocycles. The summed E-state index contributed by atoms with van der Waals surface area (Å²) in [5, 5.41) is 9.67. The van der Waals surface area contributed by atoms with E-state index in [0.29, 0.717) is 11.6 Å².